The van der Waals surface area contributed by atoms with E-state index in [0.717, 1.165) is 101 Å². The molecule has 0 aliphatic carbocycles. The average molecular weight is 451 g/mol. The molecule has 0 rings (SSSR count). The molecule has 6 nitrogen and oxygen atoms in total. The molecule has 0 saturated heterocycles. The molecule has 0 aliphatic heterocycles. The van der Waals surface area contributed by atoms with Crippen molar-refractivity contribution in [2.45, 2.75) is 90.4 Å². The lowest BCUT2D eigenvalue weighted by molar-refractivity contribution is 0.358. The lowest BCUT2D eigenvalue weighted by atomic mass is 9.86. The summed E-state index contributed by atoms with van der Waals surface area (Å²) in [7, 11) is 0. The van der Waals surface area contributed by atoms with Crippen molar-refractivity contribution in [2.75, 3.05) is 39.3 Å². The average Bonchev–Trinajstić information content (AvgIpc) is 2.78. The zero-order chi connectivity index (χ0) is 23.9. The molecule has 188 valence electrons. The molecule has 0 bridgehead atoms. The van der Waals surface area contributed by atoms with Gasteiger partial charge in [0.25, 0.3) is 0 Å². The van der Waals surface area contributed by atoms with E-state index in [9.17, 15) is 0 Å². The largest absolute Gasteiger partial charge is 0.330 e. The zero-order valence-corrected chi connectivity index (χ0v) is 21.0. The van der Waals surface area contributed by atoms with Gasteiger partial charge in [0.2, 0.25) is 0 Å². The molecule has 0 saturated carbocycles. The van der Waals surface area contributed by atoms with Crippen LogP contribution in [0.5, 0.6) is 0 Å². The summed E-state index contributed by atoms with van der Waals surface area (Å²) in [6.45, 7) is 10.9. The first-order valence-corrected chi connectivity index (χ1v) is 13.1. The highest BCUT2D eigenvalue weighted by Gasteiger charge is 2.14. The molecule has 0 aromatic rings. The molecule has 0 aromatic carbocycles. The van der Waals surface area contributed by atoms with Crippen molar-refractivity contribution >= 4 is 11.4 Å². The van der Waals surface area contributed by atoms with E-state index in [1.54, 1.807) is 0 Å². The maximum atomic E-state index is 8.33. The van der Waals surface area contributed by atoms with Gasteiger partial charge in [-0.15, -0.1) is 6.58 Å². The molecule has 2 atom stereocenters. The fraction of sp³-hybridized carbons (Fsp3) is 0.846. The van der Waals surface area contributed by atoms with Gasteiger partial charge in [0, 0.05) is 37.6 Å². The minimum absolute atomic E-state index is 0.613. The van der Waals surface area contributed by atoms with E-state index in [1.165, 1.54) is 32.1 Å². The molecule has 32 heavy (non-hydrogen) atoms. The molecule has 0 aromatic heterocycles. The normalized spacial score (nSPS) is 13.1. The van der Waals surface area contributed by atoms with E-state index in [2.05, 4.69) is 24.1 Å². The topological polar surface area (TPSA) is 124 Å². The highest BCUT2D eigenvalue weighted by atomic mass is 14.9. The molecule has 8 N–H and O–H groups in total. The molecule has 2 unspecified atom stereocenters. The van der Waals surface area contributed by atoms with Gasteiger partial charge in [-0.25, -0.2) is 0 Å². The van der Waals surface area contributed by atoms with Crippen LogP contribution in [0.15, 0.2) is 12.7 Å². The first-order chi connectivity index (χ1) is 15.6. The quantitative estimate of drug-likeness (QED) is 0.0689. The third kappa shape index (κ3) is 19.6. The minimum atomic E-state index is 0.613. The first kappa shape index (κ1) is 30.9. The molecule has 0 amide bonds. The van der Waals surface area contributed by atoms with Crippen LogP contribution in [0.3, 0.4) is 0 Å². The summed E-state index contributed by atoms with van der Waals surface area (Å²) in [6.07, 6.45) is 15.9. The van der Waals surface area contributed by atoms with Gasteiger partial charge in [-0.3, -0.25) is 0 Å². The predicted molar refractivity (Wildman–Crippen MR) is 142 cm³/mol. The molecule has 6 heteroatoms. The van der Waals surface area contributed by atoms with Gasteiger partial charge >= 0.3 is 0 Å². The van der Waals surface area contributed by atoms with Crippen LogP contribution in [0.1, 0.15) is 90.4 Å². The highest BCUT2D eigenvalue weighted by molar-refractivity contribution is 5.82. The maximum Gasteiger partial charge on any atom is 0.0102 e. The molecule has 0 aliphatic rings. The van der Waals surface area contributed by atoms with E-state index in [-0.39, 0.29) is 0 Å². The lowest BCUT2D eigenvalue weighted by Crippen LogP contribution is -2.24. The summed E-state index contributed by atoms with van der Waals surface area (Å²) >= 11 is 0. The van der Waals surface area contributed by atoms with Crippen molar-refractivity contribution in [2.24, 2.45) is 23.3 Å². The first-order valence-electron chi connectivity index (χ1n) is 13.1. The summed E-state index contributed by atoms with van der Waals surface area (Å²) < 4.78 is 0. The second-order valence-corrected chi connectivity index (χ2v) is 9.18. The highest BCUT2D eigenvalue weighted by Crippen LogP contribution is 2.25. The summed E-state index contributed by atoms with van der Waals surface area (Å²) in [6, 6.07) is 0. The molecular weight excluding hydrogens is 396 g/mol. The van der Waals surface area contributed by atoms with Gasteiger partial charge in [0.05, 0.1) is 0 Å². The SMILES string of the molecule is C=CCCNCCC(=N)CCC(CCCC(CCC)CCN)CCC(=N)CCNCCN. The second kappa shape index (κ2) is 23.1. The van der Waals surface area contributed by atoms with Crippen molar-refractivity contribution < 1.29 is 0 Å². The zero-order valence-electron chi connectivity index (χ0n) is 21.0. The van der Waals surface area contributed by atoms with Crippen LogP contribution in [0.2, 0.25) is 0 Å². The van der Waals surface area contributed by atoms with E-state index in [0.29, 0.717) is 12.5 Å². The van der Waals surface area contributed by atoms with Gasteiger partial charge in [-0.05, 0) is 76.3 Å². The van der Waals surface area contributed by atoms with Gasteiger partial charge in [0.15, 0.2) is 0 Å². The second-order valence-electron chi connectivity index (χ2n) is 9.18. The Labute approximate surface area is 198 Å². The number of hydrogen-bond acceptors (Lipinski definition) is 6. The number of nitrogens with one attached hydrogen (secondary N) is 4. The number of hydrogen-bond donors (Lipinski definition) is 6. The Morgan fingerprint density at radius 1 is 0.750 bits per heavy atom. The molecule has 0 spiro atoms. The Hall–Kier alpha value is -1.08. The standard InChI is InChI=1S/C26H54N6/c1-3-5-19-31-20-15-25(29)12-10-24(9-6-8-23(7-4-2)14-17-27)11-13-26(30)16-21-32-22-18-28/h3,23-24,29-32H,1,4-22,27-28H2,2H3. The lowest BCUT2D eigenvalue weighted by Gasteiger charge is -2.20. The fourth-order valence-electron chi connectivity index (χ4n) is 4.25. The van der Waals surface area contributed by atoms with Crippen LogP contribution in [0.4, 0.5) is 0 Å². The third-order valence-corrected chi connectivity index (χ3v) is 6.26. The third-order valence-electron chi connectivity index (χ3n) is 6.26. The van der Waals surface area contributed by atoms with Gasteiger partial charge in [-0.1, -0.05) is 45.1 Å². The molecule has 0 radical (unpaired) electrons. The number of rotatable bonds is 25. The Balaban J connectivity index is 4.42. The van der Waals surface area contributed by atoms with Gasteiger partial charge < -0.3 is 32.9 Å². The van der Waals surface area contributed by atoms with Crippen molar-refractivity contribution in [3.8, 4) is 0 Å². The fourth-order valence-corrected chi connectivity index (χ4v) is 4.25. The van der Waals surface area contributed by atoms with E-state index in [4.69, 9.17) is 22.3 Å². The summed E-state index contributed by atoms with van der Waals surface area (Å²) in [5.41, 5.74) is 13.0. The molecular formula is C26H54N6. The van der Waals surface area contributed by atoms with Crippen LogP contribution >= 0.6 is 0 Å². The van der Waals surface area contributed by atoms with Crippen molar-refractivity contribution in [1.29, 1.82) is 10.8 Å². The summed E-state index contributed by atoms with van der Waals surface area (Å²) in [5.74, 6) is 1.37. The van der Waals surface area contributed by atoms with Gasteiger partial charge in [0.1, 0.15) is 0 Å². The Morgan fingerprint density at radius 2 is 1.31 bits per heavy atom. The summed E-state index contributed by atoms with van der Waals surface area (Å²) in [4.78, 5) is 0. The minimum Gasteiger partial charge on any atom is -0.330 e. The molecule has 0 heterocycles. The molecule has 0 fully saturated rings. The number of nitrogens with two attached hydrogens (primary N) is 2. The van der Waals surface area contributed by atoms with Crippen molar-refractivity contribution in [3.63, 3.8) is 0 Å². The smallest absolute Gasteiger partial charge is 0.0102 e. The van der Waals surface area contributed by atoms with E-state index in [1.807, 2.05) is 6.08 Å². The van der Waals surface area contributed by atoms with Crippen molar-refractivity contribution in [1.82, 2.24) is 10.6 Å². The van der Waals surface area contributed by atoms with Crippen LogP contribution in [-0.2, 0) is 0 Å². The van der Waals surface area contributed by atoms with Crippen LogP contribution < -0.4 is 22.1 Å². The van der Waals surface area contributed by atoms with Gasteiger partial charge in [-0.2, -0.15) is 0 Å². The Morgan fingerprint density at radius 3 is 1.81 bits per heavy atom. The van der Waals surface area contributed by atoms with E-state index < -0.39 is 0 Å². The predicted octanol–water partition coefficient (Wildman–Crippen LogP) is 4.63. The van der Waals surface area contributed by atoms with Crippen LogP contribution in [0.25, 0.3) is 0 Å². The maximum absolute atomic E-state index is 8.33. The Kier molecular flexibility index (Phi) is 22.3. The van der Waals surface area contributed by atoms with E-state index >= 15 is 0 Å². The Bertz CT molecular complexity index is 459. The van der Waals surface area contributed by atoms with Crippen molar-refractivity contribution in [3.05, 3.63) is 12.7 Å². The monoisotopic (exact) mass is 450 g/mol. The van der Waals surface area contributed by atoms with Crippen LogP contribution in [0, 0.1) is 22.7 Å². The summed E-state index contributed by atoms with van der Waals surface area (Å²) in [5, 5.41) is 23.3. The van der Waals surface area contributed by atoms with Crippen LogP contribution in [-0.4, -0.2) is 50.7 Å².